The Kier molecular flexibility index (Phi) is 6.37. The highest BCUT2D eigenvalue weighted by Crippen LogP contribution is 2.33. The van der Waals surface area contributed by atoms with E-state index in [0.29, 0.717) is 0 Å². The molecule has 0 aliphatic rings. The van der Waals surface area contributed by atoms with E-state index in [9.17, 15) is 9.90 Å². The molecule has 1 aromatic heterocycles. The van der Waals surface area contributed by atoms with Gasteiger partial charge in [0.25, 0.3) is 5.91 Å². The van der Waals surface area contributed by atoms with E-state index in [4.69, 9.17) is 5.10 Å². The maximum Gasteiger partial charge on any atom is 0.275 e. The molecular formula is C25H22N4O2S. The Labute approximate surface area is 190 Å². The topological polar surface area (TPSA) is 79.5 Å². The molecule has 160 valence electrons. The van der Waals surface area contributed by atoms with Crippen LogP contribution < -0.4 is 5.43 Å². The van der Waals surface area contributed by atoms with E-state index in [0.717, 1.165) is 26.9 Å². The van der Waals surface area contributed by atoms with Crippen molar-refractivity contribution >= 4 is 23.9 Å². The SMILES string of the molecule is Cc1ccc(Sc2c(C=NNC(=O)c3ccccc3O)c(C)nn2-c2ccccc2)cc1. The molecule has 1 amide bonds. The summed E-state index contributed by atoms with van der Waals surface area (Å²) >= 11 is 1.58. The quantitative estimate of drug-likeness (QED) is 0.321. The number of carbonyl (C=O) groups is 1. The van der Waals surface area contributed by atoms with Gasteiger partial charge in [-0.1, -0.05) is 59.8 Å². The summed E-state index contributed by atoms with van der Waals surface area (Å²) in [7, 11) is 0. The van der Waals surface area contributed by atoms with Gasteiger partial charge in [0.1, 0.15) is 10.8 Å². The van der Waals surface area contributed by atoms with Crippen LogP contribution in [0.5, 0.6) is 5.75 Å². The zero-order chi connectivity index (χ0) is 22.5. The van der Waals surface area contributed by atoms with Gasteiger partial charge in [-0.3, -0.25) is 4.79 Å². The van der Waals surface area contributed by atoms with Crippen molar-refractivity contribution in [1.29, 1.82) is 0 Å². The van der Waals surface area contributed by atoms with E-state index in [1.165, 1.54) is 17.7 Å². The molecule has 2 N–H and O–H groups in total. The number of para-hydroxylation sites is 2. The molecule has 0 atom stereocenters. The van der Waals surface area contributed by atoms with Crippen molar-refractivity contribution in [3.05, 3.63) is 101 Å². The third-order valence-electron chi connectivity index (χ3n) is 4.81. The van der Waals surface area contributed by atoms with Gasteiger partial charge in [0.2, 0.25) is 0 Å². The molecule has 32 heavy (non-hydrogen) atoms. The van der Waals surface area contributed by atoms with Crippen molar-refractivity contribution in [3.8, 4) is 11.4 Å². The lowest BCUT2D eigenvalue weighted by atomic mass is 10.2. The molecule has 0 aliphatic heterocycles. The zero-order valence-corrected chi connectivity index (χ0v) is 18.5. The van der Waals surface area contributed by atoms with Gasteiger partial charge in [0, 0.05) is 4.90 Å². The van der Waals surface area contributed by atoms with E-state index in [1.54, 1.807) is 30.1 Å². The monoisotopic (exact) mass is 442 g/mol. The van der Waals surface area contributed by atoms with Gasteiger partial charge in [0.05, 0.1) is 28.7 Å². The minimum absolute atomic E-state index is 0.0936. The molecular weight excluding hydrogens is 420 g/mol. The highest BCUT2D eigenvalue weighted by Gasteiger charge is 2.17. The number of phenolic OH excluding ortho intramolecular Hbond substituents is 1. The second-order valence-electron chi connectivity index (χ2n) is 7.18. The minimum atomic E-state index is -0.486. The van der Waals surface area contributed by atoms with Crippen molar-refractivity contribution < 1.29 is 9.90 Å². The van der Waals surface area contributed by atoms with Crippen LogP contribution in [0.25, 0.3) is 5.69 Å². The molecule has 0 fully saturated rings. The first-order valence-corrected chi connectivity index (χ1v) is 10.9. The molecule has 4 rings (SSSR count). The fourth-order valence-electron chi connectivity index (χ4n) is 3.11. The van der Waals surface area contributed by atoms with Gasteiger partial charge in [-0.25, -0.2) is 10.1 Å². The average molecular weight is 443 g/mol. The third-order valence-corrected chi connectivity index (χ3v) is 5.90. The number of aryl methyl sites for hydroxylation is 2. The van der Waals surface area contributed by atoms with Crippen LogP contribution in [0, 0.1) is 13.8 Å². The molecule has 7 heteroatoms. The Morgan fingerprint density at radius 1 is 1.00 bits per heavy atom. The van der Waals surface area contributed by atoms with E-state index in [-0.39, 0.29) is 11.3 Å². The summed E-state index contributed by atoms with van der Waals surface area (Å²) in [6.45, 7) is 3.96. The summed E-state index contributed by atoms with van der Waals surface area (Å²) in [6, 6.07) is 24.5. The number of hydrazone groups is 1. The Balaban J connectivity index is 1.67. The first-order chi connectivity index (χ1) is 15.5. The normalized spacial score (nSPS) is 11.1. The summed E-state index contributed by atoms with van der Waals surface area (Å²) in [5.74, 6) is -0.580. The highest BCUT2D eigenvalue weighted by atomic mass is 32.2. The molecule has 0 radical (unpaired) electrons. The number of nitrogens with zero attached hydrogens (tertiary/aromatic N) is 3. The van der Waals surface area contributed by atoms with Crippen LogP contribution in [-0.2, 0) is 0 Å². The van der Waals surface area contributed by atoms with Crippen LogP contribution in [0.1, 0.15) is 27.2 Å². The number of hydrogen-bond donors (Lipinski definition) is 2. The van der Waals surface area contributed by atoms with E-state index in [2.05, 4.69) is 41.7 Å². The van der Waals surface area contributed by atoms with E-state index >= 15 is 0 Å². The third kappa shape index (κ3) is 4.73. The molecule has 0 unspecified atom stereocenters. The fraction of sp³-hybridized carbons (Fsp3) is 0.0800. The molecule has 4 aromatic rings. The van der Waals surface area contributed by atoms with Crippen molar-refractivity contribution in [2.24, 2.45) is 5.10 Å². The molecule has 0 aliphatic carbocycles. The maximum atomic E-state index is 12.4. The van der Waals surface area contributed by atoms with Crippen LogP contribution in [0.15, 0.2) is 93.9 Å². The van der Waals surface area contributed by atoms with Crippen molar-refractivity contribution in [2.75, 3.05) is 0 Å². The number of carbonyl (C=O) groups excluding carboxylic acids is 1. The lowest BCUT2D eigenvalue weighted by molar-refractivity contribution is 0.0952. The number of benzene rings is 3. The molecule has 6 nitrogen and oxygen atoms in total. The summed E-state index contributed by atoms with van der Waals surface area (Å²) in [5.41, 5.74) is 6.36. The van der Waals surface area contributed by atoms with Crippen LogP contribution in [0.4, 0.5) is 0 Å². The number of hydrogen-bond acceptors (Lipinski definition) is 5. The fourth-order valence-corrected chi connectivity index (χ4v) is 4.15. The number of rotatable bonds is 6. The van der Waals surface area contributed by atoms with Crippen LogP contribution in [0.3, 0.4) is 0 Å². The molecule has 0 saturated carbocycles. The lowest BCUT2D eigenvalue weighted by Gasteiger charge is -2.08. The number of phenols is 1. The Morgan fingerprint density at radius 3 is 2.41 bits per heavy atom. The summed E-state index contributed by atoms with van der Waals surface area (Å²) in [6.07, 6.45) is 1.59. The highest BCUT2D eigenvalue weighted by molar-refractivity contribution is 7.99. The standard InChI is InChI=1S/C25H22N4O2S/c1-17-12-14-20(15-13-17)32-25-22(18(2)28-29(25)19-8-4-3-5-9-19)16-26-27-24(31)21-10-6-7-11-23(21)30/h3-16,30H,1-2H3,(H,27,31). The van der Waals surface area contributed by atoms with Gasteiger partial charge >= 0.3 is 0 Å². The molecule has 0 saturated heterocycles. The molecule has 0 bridgehead atoms. The molecule has 1 heterocycles. The zero-order valence-electron chi connectivity index (χ0n) is 17.7. The molecule has 3 aromatic carbocycles. The Bertz CT molecular complexity index is 1270. The number of aromatic hydroxyl groups is 1. The van der Waals surface area contributed by atoms with Crippen molar-refractivity contribution in [3.63, 3.8) is 0 Å². The Morgan fingerprint density at radius 2 is 1.69 bits per heavy atom. The smallest absolute Gasteiger partial charge is 0.275 e. The first kappa shape index (κ1) is 21.4. The summed E-state index contributed by atoms with van der Waals surface area (Å²) < 4.78 is 1.88. The minimum Gasteiger partial charge on any atom is -0.507 e. The van der Waals surface area contributed by atoms with Crippen LogP contribution in [-0.4, -0.2) is 27.0 Å². The number of amides is 1. The number of aromatic nitrogens is 2. The van der Waals surface area contributed by atoms with Crippen LogP contribution >= 0.6 is 11.8 Å². The summed E-state index contributed by atoms with van der Waals surface area (Å²) in [4.78, 5) is 13.4. The predicted octanol–water partition coefficient (Wildman–Crippen LogP) is 5.11. The predicted molar refractivity (Wildman–Crippen MR) is 127 cm³/mol. The summed E-state index contributed by atoms with van der Waals surface area (Å²) in [5, 5.41) is 19.6. The average Bonchev–Trinajstić information content (AvgIpc) is 3.11. The molecule has 0 spiro atoms. The van der Waals surface area contributed by atoms with Crippen molar-refractivity contribution in [1.82, 2.24) is 15.2 Å². The van der Waals surface area contributed by atoms with Gasteiger partial charge in [0.15, 0.2) is 0 Å². The van der Waals surface area contributed by atoms with Gasteiger partial charge in [-0.05, 0) is 50.2 Å². The lowest BCUT2D eigenvalue weighted by Crippen LogP contribution is -2.17. The maximum absolute atomic E-state index is 12.4. The van der Waals surface area contributed by atoms with Crippen molar-refractivity contribution in [2.45, 2.75) is 23.8 Å². The number of nitrogens with one attached hydrogen (secondary N) is 1. The first-order valence-electron chi connectivity index (χ1n) is 10.0. The van der Waals surface area contributed by atoms with Crippen LogP contribution in [0.2, 0.25) is 0 Å². The van der Waals surface area contributed by atoms with Gasteiger partial charge < -0.3 is 5.11 Å². The van der Waals surface area contributed by atoms with E-state index < -0.39 is 5.91 Å². The largest absolute Gasteiger partial charge is 0.507 e. The van der Waals surface area contributed by atoms with E-state index in [1.807, 2.05) is 41.9 Å². The second-order valence-corrected chi connectivity index (χ2v) is 8.25. The second kappa shape index (κ2) is 9.53. The van der Waals surface area contributed by atoms with Gasteiger partial charge in [-0.15, -0.1) is 0 Å². The Hall–Kier alpha value is -3.84. The van der Waals surface area contributed by atoms with Gasteiger partial charge in [-0.2, -0.15) is 10.2 Å².